The van der Waals surface area contributed by atoms with E-state index in [9.17, 15) is 0 Å². The second-order valence-electron chi connectivity index (χ2n) is 1.80. The molecule has 56 valence electrons. The van der Waals surface area contributed by atoms with Crippen LogP contribution in [0.25, 0.3) is 0 Å². The van der Waals surface area contributed by atoms with Gasteiger partial charge >= 0.3 is 0 Å². The van der Waals surface area contributed by atoms with Gasteiger partial charge in [0, 0.05) is 27.3 Å². The number of phenols is 1. The maximum absolute atomic E-state index is 9.04. The quantitative estimate of drug-likeness (QED) is 0.299. The fourth-order valence-electron chi connectivity index (χ4n) is 0.659. The number of rotatable bonds is 1. The summed E-state index contributed by atoms with van der Waals surface area (Å²) in [6, 6.07) is 6.62. The maximum Gasteiger partial charge on any atom is 0.124 e. The van der Waals surface area contributed by atoms with E-state index in [4.69, 9.17) is 10.3 Å². The molecule has 0 saturated carbocycles. The first-order chi connectivity index (χ1) is 4.84. The second-order valence-corrected chi connectivity index (χ2v) is 1.80. The van der Waals surface area contributed by atoms with Crippen LogP contribution in [0.2, 0.25) is 0 Å². The van der Waals surface area contributed by atoms with Crippen LogP contribution >= 0.6 is 0 Å². The van der Waals surface area contributed by atoms with Gasteiger partial charge in [-0.1, -0.05) is 17.3 Å². The average molecular weight is 185 g/mol. The molecule has 0 heterocycles. The minimum atomic E-state index is 0. The number of hydrogen-bond donors (Lipinski definition) is 2. The van der Waals surface area contributed by atoms with Crippen molar-refractivity contribution >= 4 is 6.21 Å². The number of benzene rings is 1. The molecule has 0 aromatic heterocycles. The summed E-state index contributed by atoms with van der Waals surface area (Å²) < 4.78 is 0. The van der Waals surface area contributed by atoms with E-state index in [1.54, 1.807) is 18.2 Å². The van der Waals surface area contributed by atoms with Crippen LogP contribution in [0, 0.1) is 0 Å². The van der Waals surface area contributed by atoms with Crippen molar-refractivity contribution in [3.05, 3.63) is 29.8 Å². The summed E-state index contributed by atoms with van der Waals surface area (Å²) in [5, 5.41) is 19.9. The first-order valence-electron chi connectivity index (χ1n) is 2.80. The van der Waals surface area contributed by atoms with Gasteiger partial charge in [-0.25, -0.2) is 0 Å². The number of aromatic hydroxyl groups is 1. The van der Waals surface area contributed by atoms with Crippen LogP contribution in [0.3, 0.4) is 0 Å². The second kappa shape index (κ2) is 4.94. The molecule has 0 unspecified atom stereocenters. The van der Waals surface area contributed by atoms with Crippen molar-refractivity contribution in [2.75, 3.05) is 0 Å². The van der Waals surface area contributed by atoms with Gasteiger partial charge in [-0.05, 0) is 12.1 Å². The Balaban J connectivity index is 0.000001000. The molecule has 1 rings (SSSR count). The molecule has 1 aromatic rings. The van der Waals surface area contributed by atoms with Gasteiger partial charge in [-0.2, -0.15) is 0 Å². The molecule has 0 atom stereocenters. The minimum absolute atomic E-state index is 0. The van der Waals surface area contributed by atoms with Gasteiger partial charge in [-0.3, -0.25) is 0 Å². The van der Waals surface area contributed by atoms with E-state index in [0.29, 0.717) is 5.56 Å². The molecule has 0 spiro atoms. The van der Waals surface area contributed by atoms with Gasteiger partial charge in [0.05, 0.1) is 6.21 Å². The standard InChI is InChI=1S/C7H7NO2.Ti/c9-7-4-2-1-3-6(7)5-8-10;/h1-5,9-10H;. The third kappa shape index (κ3) is 2.74. The van der Waals surface area contributed by atoms with Gasteiger partial charge in [0.1, 0.15) is 5.75 Å². The molecule has 3 nitrogen and oxygen atoms in total. The van der Waals surface area contributed by atoms with Crippen LogP contribution in [0.5, 0.6) is 5.75 Å². The first kappa shape index (κ1) is 10.2. The Bertz CT molecular complexity index is 250. The molecule has 1 aromatic carbocycles. The Hall–Kier alpha value is -0.796. The molecule has 0 aliphatic carbocycles. The Morgan fingerprint density at radius 2 is 1.91 bits per heavy atom. The molecule has 4 heteroatoms. The molecular formula is C7H7NO2Ti. The van der Waals surface area contributed by atoms with Crippen LogP contribution in [0.15, 0.2) is 29.4 Å². The molecule has 0 radical (unpaired) electrons. The fourth-order valence-corrected chi connectivity index (χ4v) is 0.659. The van der Waals surface area contributed by atoms with Crippen molar-refractivity contribution in [3.63, 3.8) is 0 Å². The number of hydrogen-bond acceptors (Lipinski definition) is 3. The van der Waals surface area contributed by atoms with Crippen molar-refractivity contribution in [1.82, 2.24) is 0 Å². The summed E-state index contributed by atoms with van der Waals surface area (Å²) >= 11 is 0. The van der Waals surface area contributed by atoms with Gasteiger partial charge in [0.15, 0.2) is 0 Å². The summed E-state index contributed by atoms with van der Waals surface area (Å²) in [5.41, 5.74) is 0.505. The Kier molecular flexibility index (Phi) is 4.58. The monoisotopic (exact) mass is 185 g/mol. The molecule has 0 fully saturated rings. The average Bonchev–Trinajstić information content (AvgIpc) is 1.94. The van der Waals surface area contributed by atoms with E-state index in [2.05, 4.69) is 5.16 Å². The zero-order chi connectivity index (χ0) is 7.40. The minimum Gasteiger partial charge on any atom is -0.507 e. The molecule has 0 amide bonds. The van der Waals surface area contributed by atoms with Crippen LogP contribution in [0.4, 0.5) is 0 Å². The van der Waals surface area contributed by atoms with Crippen molar-refractivity contribution < 1.29 is 32.0 Å². The Morgan fingerprint density at radius 3 is 2.45 bits per heavy atom. The molecule has 0 saturated heterocycles. The number of phenolic OH excluding ortho intramolecular Hbond substituents is 1. The van der Waals surface area contributed by atoms with Gasteiger partial charge in [0.25, 0.3) is 0 Å². The number of oxime groups is 1. The van der Waals surface area contributed by atoms with E-state index >= 15 is 0 Å². The molecule has 0 bridgehead atoms. The van der Waals surface area contributed by atoms with Gasteiger partial charge in [0.2, 0.25) is 0 Å². The molecule has 2 N–H and O–H groups in total. The normalized spacial score (nSPS) is 9.45. The topological polar surface area (TPSA) is 52.8 Å². The maximum atomic E-state index is 9.04. The molecular weight excluding hydrogens is 178 g/mol. The fraction of sp³-hybridized carbons (Fsp3) is 0. The summed E-state index contributed by atoms with van der Waals surface area (Å²) in [4.78, 5) is 0. The summed E-state index contributed by atoms with van der Waals surface area (Å²) in [7, 11) is 0. The predicted molar refractivity (Wildman–Crippen MR) is 37.5 cm³/mol. The Morgan fingerprint density at radius 1 is 1.27 bits per heavy atom. The first-order valence-corrected chi connectivity index (χ1v) is 2.80. The van der Waals surface area contributed by atoms with Gasteiger partial charge in [-0.15, -0.1) is 0 Å². The molecule has 0 aliphatic heterocycles. The summed E-state index contributed by atoms with van der Waals surface area (Å²) in [6.45, 7) is 0. The smallest absolute Gasteiger partial charge is 0.124 e. The van der Waals surface area contributed by atoms with Crippen molar-refractivity contribution in [2.45, 2.75) is 0 Å². The Labute approximate surface area is 79.2 Å². The van der Waals surface area contributed by atoms with E-state index in [-0.39, 0.29) is 27.5 Å². The zero-order valence-corrected chi connectivity index (χ0v) is 7.29. The number of nitrogens with zero attached hydrogens (tertiary/aromatic N) is 1. The van der Waals surface area contributed by atoms with E-state index in [0.717, 1.165) is 0 Å². The zero-order valence-electron chi connectivity index (χ0n) is 5.73. The van der Waals surface area contributed by atoms with Crippen molar-refractivity contribution in [2.24, 2.45) is 5.16 Å². The van der Waals surface area contributed by atoms with Crippen LogP contribution < -0.4 is 0 Å². The van der Waals surface area contributed by atoms with Crippen LogP contribution in [-0.2, 0) is 21.7 Å². The summed E-state index contributed by atoms with van der Waals surface area (Å²) in [5.74, 6) is 0.111. The van der Waals surface area contributed by atoms with Crippen LogP contribution in [0.1, 0.15) is 5.56 Å². The summed E-state index contributed by atoms with van der Waals surface area (Å²) in [6.07, 6.45) is 1.18. The molecule has 0 aliphatic rings. The third-order valence-corrected chi connectivity index (χ3v) is 1.13. The third-order valence-electron chi connectivity index (χ3n) is 1.13. The number of para-hydroxylation sites is 1. The molecule has 11 heavy (non-hydrogen) atoms. The van der Waals surface area contributed by atoms with Crippen molar-refractivity contribution in [1.29, 1.82) is 0 Å². The van der Waals surface area contributed by atoms with Crippen molar-refractivity contribution in [3.8, 4) is 5.75 Å². The SMILES string of the molecule is ON=Cc1ccccc1O.[Ti]. The van der Waals surface area contributed by atoms with Gasteiger partial charge < -0.3 is 10.3 Å². The van der Waals surface area contributed by atoms with Crippen LogP contribution in [-0.4, -0.2) is 16.5 Å². The largest absolute Gasteiger partial charge is 0.507 e. The van der Waals surface area contributed by atoms with E-state index in [1.165, 1.54) is 12.3 Å². The van der Waals surface area contributed by atoms with E-state index in [1.807, 2.05) is 0 Å². The predicted octanol–water partition coefficient (Wildman–Crippen LogP) is 1.20. The van der Waals surface area contributed by atoms with E-state index < -0.39 is 0 Å².